The molecule has 218 valence electrons. The molecule has 9 heteroatoms. The molecule has 1 aliphatic rings. The molecule has 0 radical (unpaired) electrons. The average Bonchev–Trinajstić information content (AvgIpc) is 3.57. The van der Waals surface area contributed by atoms with Gasteiger partial charge in [-0.1, -0.05) is 60.3 Å². The molecule has 44 heavy (non-hydrogen) atoms. The molecule has 5 aromatic rings. The molecule has 2 N–H and O–H groups in total. The van der Waals surface area contributed by atoms with Gasteiger partial charge in [0.2, 0.25) is 5.91 Å². The summed E-state index contributed by atoms with van der Waals surface area (Å²) in [5, 5.41) is 7.18. The second-order valence-corrected chi connectivity index (χ2v) is 13.3. The van der Waals surface area contributed by atoms with E-state index in [-0.39, 0.29) is 22.8 Å². The number of hydrogen-bond donors (Lipinski definition) is 2. The van der Waals surface area contributed by atoms with Gasteiger partial charge in [-0.2, -0.15) is 0 Å². The van der Waals surface area contributed by atoms with Gasteiger partial charge in [-0.3, -0.25) is 19.3 Å². The number of carbonyl (C=O) groups excluding carboxylic acids is 3. The number of fused-ring (bicyclic) bond motifs is 2. The number of nitrogens with one attached hydrogen (secondary N) is 2. The Balaban J connectivity index is 1.15. The van der Waals surface area contributed by atoms with Crippen LogP contribution in [0.4, 0.5) is 17.1 Å². The Bertz CT molecular complexity index is 1790. The highest BCUT2D eigenvalue weighted by atomic mass is 32.2. The van der Waals surface area contributed by atoms with E-state index in [4.69, 9.17) is 0 Å². The number of amides is 3. The summed E-state index contributed by atoms with van der Waals surface area (Å²) in [6.45, 7) is 1.91. The Morgan fingerprint density at radius 2 is 1.41 bits per heavy atom. The van der Waals surface area contributed by atoms with Crippen molar-refractivity contribution in [3.05, 3.63) is 137 Å². The lowest BCUT2D eigenvalue weighted by molar-refractivity contribution is -0.117. The summed E-state index contributed by atoms with van der Waals surface area (Å²) in [6, 6.07) is 35.8. The minimum absolute atomic E-state index is 0.00917. The molecule has 0 saturated carbocycles. The Kier molecular flexibility index (Phi) is 8.97. The van der Waals surface area contributed by atoms with Gasteiger partial charge in [-0.05, 0) is 85.1 Å². The van der Waals surface area contributed by atoms with Crippen LogP contribution in [0.2, 0.25) is 0 Å². The molecule has 0 aliphatic carbocycles. The molecule has 1 aromatic heterocycles. The van der Waals surface area contributed by atoms with Gasteiger partial charge in [-0.15, -0.1) is 23.1 Å². The van der Waals surface area contributed by atoms with Crippen molar-refractivity contribution in [3.63, 3.8) is 0 Å². The van der Waals surface area contributed by atoms with Crippen LogP contribution in [-0.2, 0) is 9.59 Å². The van der Waals surface area contributed by atoms with E-state index < -0.39 is 5.91 Å². The van der Waals surface area contributed by atoms with Crippen molar-refractivity contribution in [2.75, 3.05) is 10.2 Å². The van der Waals surface area contributed by atoms with Crippen LogP contribution in [0.15, 0.2) is 141 Å². The zero-order valence-corrected chi connectivity index (χ0v) is 26.0. The van der Waals surface area contributed by atoms with Gasteiger partial charge in [-0.25, -0.2) is 0 Å². The lowest BCUT2D eigenvalue weighted by atomic mass is 10.2. The predicted octanol–water partition coefficient (Wildman–Crippen LogP) is 8.47. The van der Waals surface area contributed by atoms with E-state index in [0.29, 0.717) is 11.3 Å². The highest BCUT2D eigenvalue weighted by Crippen LogP contribution is 2.48. The fourth-order valence-corrected chi connectivity index (χ4v) is 7.27. The van der Waals surface area contributed by atoms with Crippen LogP contribution in [0.1, 0.15) is 22.2 Å². The van der Waals surface area contributed by atoms with Crippen LogP contribution in [0.5, 0.6) is 0 Å². The number of hydrogen-bond acceptors (Lipinski definition) is 6. The number of rotatable bonds is 8. The van der Waals surface area contributed by atoms with Crippen LogP contribution in [0.25, 0.3) is 6.08 Å². The van der Waals surface area contributed by atoms with Crippen molar-refractivity contribution >= 4 is 75.7 Å². The van der Waals surface area contributed by atoms with E-state index in [1.54, 1.807) is 54.2 Å². The maximum Gasteiger partial charge on any atom is 0.272 e. The first-order valence-corrected chi connectivity index (χ1v) is 16.4. The molecule has 6 rings (SSSR count). The van der Waals surface area contributed by atoms with Crippen molar-refractivity contribution in [2.24, 2.45) is 0 Å². The molecule has 0 spiro atoms. The SMILES string of the molecule is CC(Sc1ccc(NC(=O)/C(=C/c2cccs2)NC(=O)c2ccccc2)cc1)C(=O)N1c2ccccc2Sc2ccccc21. The number of carbonyl (C=O) groups is 3. The van der Waals surface area contributed by atoms with Gasteiger partial charge >= 0.3 is 0 Å². The van der Waals surface area contributed by atoms with Gasteiger partial charge in [0.1, 0.15) is 5.70 Å². The first-order chi connectivity index (χ1) is 21.5. The van der Waals surface area contributed by atoms with E-state index in [1.807, 2.05) is 96.1 Å². The van der Waals surface area contributed by atoms with Crippen molar-refractivity contribution in [1.82, 2.24) is 5.32 Å². The fourth-order valence-electron chi connectivity index (χ4n) is 4.65. The summed E-state index contributed by atoms with van der Waals surface area (Å²) in [5.41, 5.74) is 2.94. The summed E-state index contributed by atoms with van der Waals surface area (Å²) < 4.78 is 0. The number of nitrogens with zero attached hydrogens (tertiary/aromatic N) is 1. The number of benzene rings is 4. The monoisotopic (exact) mass is 633 g/mol. The molecule has 6 nitrogen and oxygen atoms in total. The minimum atomic E-state index is -0.438. The van der Waals surface area contributed by atoms with Gasteiger partial charge in [0, 0.05) is 30.8 Å². The minimum Gasteiger partial charge on any atom is -0.321 e. The lowest BCUT2D eigenvalue weighted by Gasteiger charge is -2.32. The molecule has 0 saturated heterocycles. The number of thioether (sulfide) groups is 1. The number of para-hydroxylation sites is 2. The second-order valence-electron chi connectivity index (χ2n) is 9.84. The van der Waals surface area contributed by atoms with Gasteiger partial charge < -0.3 is 10.6 Å². The molecule has 2 heterocycles. The van der Waals surface area contributed by atoms with Crippen molar-refractivity contribution in [1.29, 1.82) is 0 Å². The van der Waals surface area contributed by atoms with E-state index in [2.05, 4.69) is 10.6 Å². The second kappa shape index (κ2) is 13.4. The maximum atomic E-state index is 13.8. The standard InChI is InChI=1S/C35H27N3O3S3/c1-23(35(41)38-29-13-5-7-15-31(29)44-32-16-8-6-14-30(32)38)43-26-19-17-25(18-20-26)36-34(40)28(22-27-12-9-21-42-27)37-33(39)24-10-3-2-4-11-24/h2-23H,1H3,(H,36,40)(H,37,39)/b28-22-. The summed E-state index contributed by atoms with van der Waals surface area (Å²) in [7, 11) is 0. The largest absolute Gasteiger partial charge is 0.321 e. The Morgan fingerprint density at radius 1 is 0.773 bits per heavy atom. The molecule has 4 aromatic carbocycles. The molecule has 1 aliphatic heterocycles. The molecular formula is C35H27N3O3S3. The third-order valence-corrected chi connectivity index (χ3v) is 9.83. The first kappa shape index (κ1) is 29.5. The molecule has 1 atom stereocenters. The normalized spacial score (nSPS) is 12.9. The molecule has 1 unspecified atom stereocenters. The highest BCUT2D eigenvalue weighted by Gasteiger charge is 2.31. The fraction of sp³-hybridized carbons (Fsp3) is 0.0571. The van der Waals surface area contributed by atoms with E-state index in [0.717, 1.165) is 30.9 Å². The summed E-state index contributed by atoms with van der Waals surface area (Å²) in [5.74, 6) is -0.816. The van der Waals surface area contributed by atoms with Crippen LogP contribution >= 0.6 is 34.9 Å². The third-order valence-electron chi connectivity index (χ3n) is 6.78. The molecule has 3 amide bonds. The topological polar surface area (TPSA) is 78.5 Å². The number of thiophene rings is 1. The zero-order valence-electron chi connectivity index (χ0n) is 23.6. The average molecular weight is 634 g/mol. The van der Waals surface area contributed by atoms with Crippen LogP contribution < -0.4 is 15.5 Å². The summed E-state index contributed by atoms with van der Waals surface area (Å²) in [6.07, 6.45) is 1.66. The van der Waals surface area contributed by atoms with Gasteiger partial charge in [0.15, 0.2) is 0 Å². The maximum absolute atomic E-state index is 13.8. The third kappa shape index (κ3) is 6.65. The highest BCUT2D eigenvalue weighted by molar-refractivity contribution is 8.00. The first-order valence-electron chi connectivity index (χ1n) is 13.9. The summed E-state index contributed by atoms with van der Waals surface area (Å²) in [4.78, 5) is 45.6. The van der Waals surface area contributed by atoms with E-state index in [9.17, 15) is 14.4 Å². The molecule has 0 fully saturated rings. The van der Waals surface area contributed by atoms with Crippen LogP contribution in [0.3, 0.4) is 0 Å². The van der Waals surface area contributed by atoms with Crippen LogP contribution in [0, 0.1) is 0 Å². The number of anilines is 3. The van der Waals surface area contributed by atoms with Crippen molar-refractivity contribution in [2.45, 2.75) is 26.9 Å². The zero-order chi connectivity index (χ0) is 30.5. The van der Waals surface area contributed by atoms with Crippen molar-refractivity contribution in [3.8, 4) is 0 Å². The summed E-state index contributed by atoms with van der Waals surface area (Å²) >= 11 is 4.60. The predicted molar refractivity (Wildman–Crippen MR) is 181 cm³/mol. The lowest BCUT2D eigenvalue weighted by Crippen LogP contribution is -2.34. The van der Waals surface area contributed by atoms with Gasteiger partial charge in [0.25, 0.3) is 11.8 Å². The molecule has 0 bridgehead atoms. The van der Waals surface area contributed by atoms with Crippen molar-refractivity contribution < 1.29 is 14.4 Å². The van der Waals surface area contributed by atoms with Gasteiger partial charge in [0.05, 0.1) is 16.6 Å². The van der Waals surface area contributed by atoms with Crippen LogP contribution in [-0.4, -0.2) is 23.0 Å². The van der Waals surface area contributed by atoms with E-state index in [1.165, 1.54) is 23.1 Å². The molecular weight excluding hydrogens is 607 g/mol. The smallest absolute Gasteiger partial charge is 0.272 e. The van der Waals surface area contributed by atoms with E-state index >= 15 is 0 Å². The quantitative estimate of drug-likeness (QED) is 0.132. The Morgan fingerprint density at radius 3 is 2.05 bits per heavy atom. The Labute approximate surface area is 268 Å². The Hall–Kier alpha value is -4.57.